The second-order valence-electron chi connectivity index (χ2n) is 5.99. The normalized spacial score (nSPS) is 17.3. The predicted octanol–water partition coefficient (Wildman–Crippen LogP) is 1.000. The highest BCUT2D eigenvalue weighted by Gasteiger charge is 2.16. The van der Waals surface area contributed by atoms with Crippen LogP contribution in [0.1, 0.15) is 11.1 Å². The van der Waals surface area contributed by atoms with Gasteiger partial charge in [0.25, 0.3) is 0 Å². The summed E-state index contributed by atoms with van der Waals surface area (Å²) in [4.78, 5) is 7.77. The van der Waals surface area contributed by atoms with E-state index < -0.39 is 0 Å². The zero-order chi connectivity index (χ0) is 15.2. The number of benzene rings is 1. The molecule has 1 heterocycles. The standard InChI is InChI=1S/C16H26N4S/c1-18(2)6-7-19-8-10-20(11-9-19)13-14-4-3-5-15(12-14)16(17)21/h3-5,12H,6-11,13H2,1-2H3,(H2,17,21). The zero-order valence-electron chi connectivity index (χ0n) is 13.1. The Hall–Kier alpha value is -1.01. The minimum atomic E-state index is 0.477. The molecule has 0 radical (unpaired) electrons. The van der Waals surface area contributed by atoms with E-state index in [4.69, 9.17) is 18.0 Å². The van der Waals surface area contributed by atoms with Crippen LogP contribution in [0.15, 0.2) is 24.3 Å². The van der Waals surface area contributed by atoms with Crippen LogP contribution in [-0.2, 0) is 6.54 Å². The largest absolute Gasteiger partial charge is 0.389 e. The Morgan fingerprint density at radius 2 is 1.86 bits per heavy atom. The molecule has 1 aromatic rings. The van der Waals surface area contributed by atoms with Crippen molar-refractivity contribution in [1.82, 2.24) is 14.7 Å². The van der Waals surface area contributed by atoms with Gasteiger partial charge in [-0.15, -0.1) is 0 Å². The van der Waals surface area contributed by atoms with E-state index in [0.29, 0.717) is 4.99 Å². The van der Waals surface area contributed by atoms with Gasteiger partial charge in [0.15, 0.2) is 0 Å². The lowest BCUT2D eigenvalue weighted by Crippen LogP contribution is -2.47. The lowest BCUT2D eigenvalue weighted by atomic mass is 10.1. The van der Waals surface area contributed by atoms with Gasteiger partial charge in [0, 0.05) is 51.4 Å². The minimum absolute atomic E-state index is 0.477. The molecule has 0 saturated carbocycles. The molecule has 1 saturated heterocycles. The van der Waals surface area contributed by atoms with Gasteiger partial charge in [0.05, 0.1) is 0 Å². The Morgan fingerprint density at radius 1 is 1.19 bits per heavy atom. The first-order valence-corrected chi connectivity index (χ1v) is 7.93. The van der Waals surface area contributed by atoms with Gasteiger partial charge in [0.2, 0.25) is 0 Å². The Labute approximate surface area is 133 Å². The molecule has 116 valence electrons. The number of likely N-dealkylation sites (N-methyl/N-ethyl adjacent to an activating group) is 1. The van der Waals surface area contributed by atoms with Crippen molar-refractivity contribution in [1.29, 1.82) is 0 Å². The van der Waals surface area contributed by atoms with Crippen molar-refractivity contribution in [2.24, 2.45) is 5.73 Å². The van der Waals surface area contributed by atoms with Gasteiger partial charge in [-0.25, -0.2) is 0 Å². The average molecular weight is 306 g/mol. The molecule has 0 aliphatic carbocycles. The first-order valence-electron chi connectivity index (χ1n) is 7.53. The fraction of sp³-hybridized carbons (Fsp3) is 0.562. The molecule has 0 amide bonds. The van der Waals surface area contributed by atoms with E-state index in [1.54, 1.807) is 0 Å². The molecule has 0 aromatic heterocycles. The topological polar surface area (TPSA) is 35.7 Å². The molecule has 2 N–H and O–H groups in total. The summed E-state index contributed by atoms with van der Waals surface area (Å²) in [6.07, 6.45) is 0. The molecule has 4 nitrogen and oxygen atoms in total. The molecule has 0 unspecified atom stereocenters. The van der Waals surface area contributed by atoms with E-state index in [-0.39, 0.29) is 0 Å². The van der Waals surface area contributed by atoms with Crippen molar-refractivity contribution < 1.29 is 0 Å². The first kappa shape index (κ1) is 16.4. The Bertz CT molecular complexity index is 467. The molecule has 0 bridgehead atoms. The van der Waals surface area contributed by atoms with Gasteiger partial charge in [-0.3, -0.25) is 9.80 Å². The quantitative estimate of drug-likeness (QED) is 0.794. The number of hydrogen-bond acceptors (Lipinski definition) is 4. The van der Waals surface area contributed by atoms with E-state index in [2.05, 4.69) is 40.9 Å². The highest BCUT2D eigenvalue weighted by Crippen LogP contribution is 2.11. The van der Waals surface area contributed by atoms with Crippen LogP contribution in [0.2, 0.25) is 0 Å². The van der Waals surface area contributed by atoms with Crippen LogP contribution in [0.5, 0.6) is 0 Å². The Balaban J connectivity index is 1.80. The molecule has 0 atom stereocenters. The molecule has 21 heavy (non-hydrogen) atoms. The number of piperazine rings is 1. The van der Waals surface area contributed by atoms with E-state index in [1.807, 2.05) is 12.1 Å². The van der Waals surface area contributed by atoms with Crippen molar-refractivity contribution >= 4 is 17.2 Å². The monoisotopic (exact) mass is 306 g/mol. The molecule has 1 aromatic carbocycles. The maximum Gasteiger partial charge on any atom is 0.103 e. The van der Waals surface area contributed by atoms with E-state index >= 15 is 0 Å². The maximum atomic E-state index is 5.70. The molecule has 1 aliphatic rings. The highest BCUT2D eigenvalue weighted by atomic mass is 32.1. The maximum absolute atomic E-state index is 5.70. The van der Waals surface area contributed by atoms with Gasteiger partial charge in [-0.2, -0.15) is 0 Å². The molecular weight excluding hydrogens is 280 g/mol. The average Bonchev–Trinajstić information content (AvgIpc) is 2.47. The molecule has 5 heteroatoms. The van der Waals surface area contributed by atoms with E-state index in [0.717, 1.165) is 51.4 Å². The van der Waals surface area contributed by atoms with Crippen molar-refractivity contribution in [2.75, 3.05) is 53.4 Å². The zero-order valence-corrected chi connectivity index (χ0v) is 13.9. The Kier molecular flexibility index (Phi) is 6.11. The van der Waals surface area contributed by atoms with E-state index in [1.165, 1.54) is 5.56 Å². The smallest absolute Gasteiger partial charge is 0.103 e. The third-order valence-corrected chi connectivity index (χ3v) is 4.18. The highest BCUT2D eigenvalue weighted by molar-refractivity contribution is 7.80. The van der Waals surface area contributed by atoms with Gasteiger partial charge in [-0.05, 0) is 25.7 Å². The van der Waals surface area contributed by atoms with Crippen LogP contribution in [0.3, 0.4) is 0 Å². The summed E-state index contributed by atoms with van der Waals surface area (Å²) in [6, 6.07) is 8.28. The van der Waals surface area contributed by atoms with Gasteiger partial charge >= 0.3 is 0 Å². The second-order valence-corrected chi connectivity index (χ2v) is 6.43. The SMILES string of the molecule is CN(C)CCN1CCN(Cc2cccc(C(N)=S)c2)CC1. The lowest BCUT2D eigenvalue weighted by Gasteiger charge is -2.35. The van der Waals surface area contributed by atoms with Gasteiger partial charge < -0.3 is 10.6 Å². The van der Waals surface area contributed by atoms with Crippen LogP contribution < -0.4 is 5.73 Å². The number of nitrogens with zero attached hydrogens (tertiary/aromatic N) is 3. The van der Waals surface area contributed by atoms with E-state index in [9.17, 15) is 0 Å². The third-order valence-electron chi connectivity index (χ3n) is 3.95. The predicted molar refractivity (Wildman–Crippen MR) is 92.6 cm³/mol. The summed E-state index contributed by atoms with van der Waals surface area (Å²) < 4.78 is 0. The fourth-order valence-corrected chi connectivity index (χ4v) is 2.72. The van der Waals surface area contributed by atoms with Crippen LogP contribution in [-0.4, -0.2) is 73.1 Å². The summed E-state index contributed by atoms with van der Waals surface area (Å²) in [5, 5.41) is 0. The second kappa shape index (κ2) is 7.84. The molecule has 2 rings (SSSR count). The third kappa shape index (κ3) is 5.36. The molecular formula is C16H26N4S. The fourth-order valence-electron chi connectivity index (χ4n) is 2.59. The lowest BCUT2D eigenvalue weighted by molar-refractivity contribution is 0.120. The Morgan fingerprint density at radius 3 is 2.48 bits per heavy atom. The van der Waals surface area contributed by atoms with Crippen LogP contribution in [0.25, 0.3) is 0 Å². The minimum Gasteiger partial charge on any atom is -0.389 e. The van der Waals surface area contributed by atoms with Gasteiger partial charge in [-0.1, -0.05) is 30.4 Å². The molecule has 0 spiro atoms. The summed E-state index contributed by atoms with van der Waals surface area (Å²) in [6.45, 7) is 7.85. The summed E-state index contributed by atoms with van der Waals surface area (Å²) >= 11 is 5.05. The summed E-state index contributed by atoms with van der Waals surface area (Å²) in [7, 11) is 4.26. The van der Waals surface area contributed by atoms with Crippen LogP contribution in [0.4, 0.5) is 0 Å². The van der Waals surface area contributed by atoms with Gasteiger partial charge in [0.1, 0.15) is 4.99 Å². The number of thiocarbonyl (C=S) groups is 1. The van der Waals surface area contributed by atoms with Crippen molar-refractivity contribution in [3.8, 4) is 0 Å². The number of rotatable bonds is 6. The number of nitrogens with two attached hydrogens (primary N) is 1. The van der Waals surface area contributed by atoms with Crippen molar-refractivity contribution in [3.05, 3.63) is 35.4 Å². The number of hydrogen-bond donors (Lipinski definition) is 1. The van der Waals surface area contributed by atoms with Crippen LogP contribution in [0, 0.1) is 0 Å². The van der Waals surface area contributed by atoms with Crippen LogP contribution >= 0.6 is 12.2 Å². The van der Waals surface area contributed by atoms with Crippen molar-refractivity contribution in [2.45, 2.75) is 6.54 Å². The van der Waals surface area contributed by atoms with Crippen molar-refractivity contribution in [3.63, 3.8) is 0 Å². The molecule has 1 fully saturated rings. The first-order chi connectivity index (χ1) is 10.0. The summed E-state index contributed by atoms with van der Waals surface area (Å²) in [5.41, 5.74) is 7.96. The summed E-state index contributed by atoms with van der Waals surface area (Å²) in [5.74, 6) is 0. The molecule has 1 aliphatic heterocycles.